The third-order valence-corrected chi connectivity index (χ3v) is 4.10. The Morgan fingerprint density at radius 2 is 2.18 bits per heavy atom. The summed E-state index contributed by atoms with van der Waals surface area (Å²) in [6.45, 7) is 2.29. The minimum absolute atomic E-state index is 0.447. The third-order valence-electron chi connectivity index (χ3n) is 3.86. The second kappa shape index (κ2) is 4.23. The summed E-state index contributed by atoms with van der Waals surface area (Å²) in [4.78, 5) is 0. The molecule has 0 amide bonds. The van der Waals surface area contributed by atoms with E-state index >= 15 is 0 Å². The van der Waals surface area contributed by atoms with Crippen molar-refractivity contribution >= 4 is 11.6 Å². The van der Waals surface area contributed by atoms with Crippen molar-refractivity contribution in [2.75, 3.05) is 0 Å². The van der Waals surface area contributed by atoms with Gasteiger partial charge in [0.05, 0.1) is 6.04 Å². The zero-order valence-corrected chi connectivity index (χ0v) is 10.7. The fraction of sp³-hybridized carbons (Fsp3) is 0.333. The lowest BCUT2D eigenvalue weighted by atomic mass is 9.88. The van der Waals surface area contributed by atoms with Crippen molar-refractivity contribution in [3.63, 3.8) is 0 Å². The number of hydrogen-bond donors (Lipinski definition) is 1. The molecular formula is C15H16ClN. The van der Waals surface area contributed by atoms with E-state index in [4.69, 9.17) is 11.6 Å². The molecular weight excluding hydrogens is 230 g/mol. The van der Waals surface area contributed by atoms with E-state index in [2.05, 4.69) is 36.5 Å². The third kappa shape index (κ3) is 1.89. The second-order valence-corrected chi connectivity index (χ2v) is 5.31. The lowest BCUT2D eigenvalue weighted by molar-refractivity contribution is 0.555. The molecule has 2 aliphatic rings. The quantitative estimate of drug-likeness (QED) is 0.733. The fourth-order valence-corrected chi connectivity index (χ4v) is 3.13. The average molecular weight is 246 g/mol. The maximum absolute atomic E-state index is 6.09. The first-order valence-electron chi connectivity index (χ1n) is 6.15. The first kappa shape index (κ1) is 10.9. The van der Waals surface area contributed by atoms with Gasteiger partial charge in [-0.3, -0.25) is 0 Å². The molecule has 0 aromatic heterocycles. The molecule has 0 spiro atoms. The van der Waals surface area contributed by atoms with Crippen molar-refractivity contribution < 1.29 is 0 Å². The largest absolute Gasteiger partial charge is 0.384 e. The van der Waals surface area contributed by atoms with Gasteiger partial charge < -0.3 is 5.32 Å². The number of rotatable bonds is 0. The monoisotopic (exact) mass is 245 g/mol. The van der Waals surface area contributed by atoms with Crippen LogP contribution in [0, 0.1) is 0 Å². The molecule has 1 aromatic carbocycles. The lowest BCUT2D eigenvalue weighted by Crippen LogP contribution is -2.32. The number of fused-ring (bicyclic) bond motifs is 2. The van der Waals surface area contributed by atoms with E-state index in [-0.39, 0.29) is 0 Å². The van der Waals surface area contributed by atoms with Gasteiger partial charge in [0, 0.05) is 10.9 Å². The smallest absolute Gasteiger partial charge is 0.0537 e. The van der Waals surface area contributed by atoms with Crippen LogP contribution < -0.4 is 5.32 Å². The molecule has 0 bridgehead atoms. The summed E-state index contributed by atoms with van der Waals surface area (Å²) in [5, 5.41) is 4.33. The Balaban J connectivity index is 2.05. The minimum Gasteiger partial charge on any atom is -0.384 e. The van der Waals surface area contributed by atoms with Crippen LogP contribution in [0.25, 0.3) is 0 Å². The lowest BCUT2D eigenvalue weighted by Gasteiger charge is -2.27. The number of halogens is 1. The van der Waals surface area contributed by atoms with Gasteiger partial charge >= 0.3 is 0 Å². The summed E-state index contributed by atoms with van der Waals surface area (Å²) in [7, 11) is 0. The van der Waals surface area contributed by atoms with E-state index in [0.717, 1.165) is 17.9 Å². The number of hydrogen-bond acceptors (Lipinski definition) is 1. The molecule has 2 atom stereocenters. The van der Waals surface area contributed by atoms with Crippen LogP contribution >= 0.6 is 11.6 Å². The molecule has 3 rings (SSSR count). The van der Waals surface area contributed by atoms with Crippen molar-refractivity contribution in [1.82, 2.24) is 5.32 Å². The number of nitrogens with one attached hydrogen (secondary N) is 1. The Kier molecular flexibility index (Phi) is 2.71. The molecule has 2 heteroatoms. The van der Waals surface area contributed by atoms with E-state index in [9.17, 15) is 0 Å². The molecule has 1 aliphatic carbocycles. The highest BCUT2D eigenvalue weighted by Gasteiger charge is 2.27. The van der Waals surface area contributed by atoms with Gasteiger partial charge in [-0.1, -0.05) is 30.7 Å². The summed E-state index contributed by atoms with van der Waals surface area (Å²) in [6.07, 6.45) is 8.62. The number of allylic oxidation sites excluding steroid dienone is 2. The van der Waals surface area contributed by atoms with E-state index < -0.39 is 0 Å². The van der Waals surface area contributed by atoms with E-state index in [1.54, 1.807) is 0 Å². The van der Waals surface area contributed by atoms with Crippen LogP contribution in [0.15, 0.2) is 42.1 Å². The molecule has 0 fully saturated rings. The van der Waals surface area contributed by atoms with Crippen LogP contribution in [0.4, 0.5) is 0 Å². The zero-order valence-electron chi connectivity index (χ0n) is 9.91. The predicted octanol–water partition coefficient (Wildman–Crippen LogP) is 3.80. The average Bonchev–Trinajstić information content (AvgIpc) is 2.48. The fourth-order valence-electron chi connectivity index (χ4n) is 2.94. The standard InChI is InChI=1S/C15H16ClN/c1-10-14-7-6-13(16)9-12(14)5-4-11-3-2-8-17-15(10)11/h2-3,6-10,15,17H,4-5H2,1H3. The molecule has 0 saturated carbocycles. The number of benzene rings is 1. The van der Waals surface area contributed by atoms with Gasteiger partial charge in [-0.2, -0.15) is 0 Å². The predicted molar refractivity (Wildman–Crippen MR) is 72.3 cm³/mol. The Bertz CT molecular complexity index is 502. The van der Waals surface area contributed by atoms with E-state index in [0.29, 0.717) is 12.0 Å². The zero-order chi connectivity index (χ0) is 11.8. The van der Waals surface area contributed by atoms with E-state index in [1.807, 2.05) is 12.3 Å². The van der Waals surface area contributed by atoms with Gasteiger partial charge in [-0.15, -0.1) is 0 Å². The maximum atomic E-state index is 6.09. The van der Waals surface area contributed by atoms with Gasteiger partial charge in [-0.05, 0) is 54.0 Å². The molecule has 0 saturated heterocycles. The Morgan fingerprint density at radius 3 is 3.06 bits per heavy atom. The van der Waals surface area contributed by atoms with Gasteiger partial charge in [-0.25, -0.2) is 0 Å². The summed E-state index contributed by atoms with van der Waals surface area (Å²) < 4.78 is 0. The highest BCUT2D eigenvalue weighted by Crippen LogP contribution is 2.35. The van der Waals surface area contributed by atoms with Crippen molar-refractivity contribution in [1.29, 1.82) is 0 Å². The summed E-state index contributed by atoms with van der Waals surface area (Å²) in [5.41, 5.74) is 4.35. The molecule has 0 radical (unpaired) electrons. The van der Waals surface area contributed by atoms with Crippen molar-refractivity contribution in [3.8, 4) is 0 Å². The highest BCUT2D eigenvalue weighted by atomic mass is 35.5. The summed E-state index contributed by atoms with van der Waals surface area (Å²) in [6, 6.07) is 6.76. The van der Waals surface area contributed by atoms with Crippen LogP contribution in [-0.2, 0) is 6.42 Å². The van der Waals surface area contributed by atoms with Gasteiger partial charge in [0.2, 0.25) is 0 Å². The van der Waals surface area contributed by atoms with Crippen molar-refractivity contribution in [2.24, 2.45) is 0 Å². The topological polar surface area (TPSA) is 12.0 Å². The number of aryl methyl sites for hydroxylation is 1. The van der Waals surface area contributed by atoms with Crippen molar-refractivity contribution in [3.05, 3.63) is 58.3 Å². The van der Waals surface area contributed by atoms with Gasteiger partial charge in [0.25, 0.3) is 0 Å². The molecule has 17 heavy (non-hydrogen) atoms. The normalized spacial score (nSPS) is 26.4. The van der Waals surface area contributed by atoms with Crippen molar-refractivity contribution in [2.45, 2.75) is 31.7 Å². The Morgan fingerprint density at radius 1 is 1.29 bits per heavy atom. The first-order chi connectivity index (χ1) is 8.25. The molecule has 1 N–H and O–H groups in total. The van der Waals surface area contributed by atoms with E-state index in [1.165, 1.54) is 16.7 Å². The summed E-state index contributed by atoms with van der Waals surface area (Å²) >= 11 is 6.09. The first-order valence-corrected chi connectivity index (χ1v) is 6.53. The van der Waals surface area contributed by atoms with Crippen LogP contribution in [0.1, 0.15) is 30.4 Å². The maximum Gasteiger partial charge on any atom is 0.0537 e. The van der Waals surface area contributed by atoms with Gasteiger partial charge in [0.1, 0.15) is 0 Å². The molecule has 1 nitrogen and oxygen atoms in total. The molecule has 2 unspecified atom stereocenters. The van der Waals surface area contributed by atoms with Crippen LogP contribution in [0.3, 0.4) is 0 Å². The molecule has 1 heterocycles. The second-order valence-electron chi connectivity index (χ2n) is 4.88. The molecule has 1 aromatic rings. The SMILES string of the molecule is CC1c2ccc(Cl)cc2CCC2=CC=CNC21. The Labute approximate surface area is 107 Å². The molecule has 88 valence electrons. The summed E-state index contributed by atoms with van der Waals surface area (Å²) in [5.74, 6) is 0.501. The highest BCUT2D eigenvalue weighted by molar-refractivity contribution is 6.30. The van der Waals surface area contributed by atoms with Gasteiger partial charge in [0.15, 0.2) is 0 Å². The minimum atomic E-state index is 0.447. The number of dihydropyridines is 1. The van der Waals surface area contributed by atoms with Crippen LogP contribution in [0.5, 0.6) is 0 Å². The molecule has 1 aliphatic heterocycles. The Hall–Kier alpha value is -1.21. The van der Waals surface area contributed by atoms with Crippen LogP contribution in [0.2, 0.25) is 5.02 Å². The van der Waals surface area contributed by atoms with Crippen LogP contribution in [-0.4, -0.2) is 6.04 Å².